The first-order valence-electron chi connectivity index (χ1n) is 9.70. The van der Waals surface area contributed by atoms with Crippen LogP contribution in [-0.4, -0.2) is 37.9 Å². The zero-order valence-corrected chi connectivity index (χ0v) is 17.0. The highest BCUT2D eigenvalue weighted by molar-refractivity contribution is 5.95. The van der Waals surface area contributed by atoms with Gasteiger partial charge in [0.25, 0.3) is 0 Å². The lowest BCUT2D eigenvalue weighted by Gasteiger charge is -2.21. The van der Waals surface area contributed by atoms with Gasteiger partial charge in [-0.2, -0.15) is 5.10 Å². The molecule has 1 aliphatic rings. The van der Waals surface area contributed by atoms with Crippen molar-refractivity contribution in [1.82, 2.24) is 24.7 Å². The fraction of sp³-hybridized carbons (Fsp3) is 0.238. The van der Waals surface area contributed by atoms with E-state index in [-0.39, 0.29) is 0 Å². The number of pyridine rings is 1. The van der Waals surface area contributed by atoms with Crippen molar-refractivity contribution in [3.8, 4) is 17.0 Å². The summed E-state index contributed by atoms with van der Waals surface area (Å²) in [5, 5.41) is 11.7. The number of nitrogens with zero attached hydrogens (tertiary/aromatic N) is 5. The van der Waals surface area contributed by atoms with Crippen LogP contribution in [0.3, 0.4) is 0 Å². The monoisotopic (exact) mass is 402 g/mol. The summed E-state index contributed by atoms with van der Waals surface area (Å²) in [5.74, 6) is 1.13. The normalized spacial score (nSPS) is 12.9. The number of hydrogen-bond donors (Lipinski definition) is 3. The van der Waals surface area contributed by atoms with Crippen LogP contribution in [0.1, 0.15) is 11.3 Å². The van der Waals surface area contributed by atoms with Crippen molar-refractivity contribution in [2.24, 2.45) is 7.05 Å². The number of ether oxygens (including phenoxy) is 1. The van der Waals surface area contributed by atoms with Crippen molar-refractivity contribution >= 4 is 33.9 Å². The Morgan fingerprint density at radius 1 is 1.17 bits per heavy atom. The van der Waals surface area contributed by atoms with Crippen molar-refractivity contribution in [1.29, 1.82) is 0 Å². The van der Waals surface area contributed by atoms with E-state index in [1.807, 2.05) is 32.3 Å². The van der Waals surface area contributed by atoms with Gasteiger partial charge < -0.3 is 21.1 Å². The molecule has 9 heteroatoms. The SMILES string of the molecule is Cc1c(-c2cc(N)c3cnc(Nc4cnn(C)c4C)nc3c2)cnc2c1NCCO2. The minimum absolute atomic E-state index is 0.491. The molecule has 5 rings (SSSR count). The minimum Gasteiger partial charge on any atom is -0.474 e. The predicted molar refractivity (Wildman–Crippen MR) is 117 cm³/mol. The van der Waals surface area contributed by atoms with Gasteiger partial charge in [0.15, 0.2) is 0 Å². The van der Waals surface area contributed by atoms with Crippen molar-refractivity contribution < 1.29 is 4.74 Å². The first kappa shape index (κ1) is 18.2. The maximum Gasteiger partial charge on any atom is 0.237 e. The van der Waals surface area contributed by atoms with E-state index >= 15 is 0 Å². The fourth-order valence-corrected chi connectivity index (χ4v) is 3.63. The van der Waals surface area contributed by atoms with Crippen molar-refractivity contribution in [3.05, 3.63) is 42.0 Å². The minimum atomic E-state index is 0.491. The van der Waals surface area contributed by atoms with Crippen LogP contribution in [0, 0.1) is 13.8 Å². The maximum absolute atomic E-state index is 6.34. The Labute approximate surface area is 173 Å². The Balaban J connectivity index is 1.58. The quantitative estimate of drug-likeness (QED) is 0.448. The first-order chi connectivity index (χ1) is 14.5. The Morgan fingerprint density at radius 3 is 2.83 bits per heavy atom. The van der Waals surface area contributed by atoms with Gasteiger partial charge in [-0.15, -0.1) is 0 Å². The first-order valence-corrected chi connectivity index (χ1v) is 9.70. The summed E-state index contributed by atoms with van der Waals surface area (Å²) >= 11 is 0. The second kappa shape index (κ2) is 6.87. The molecule has 0 fully saturated rings. The molecule has 0 spiro atoms. The summed E-state index contributed by atoms with van der Waals surface area (Å²) in [4.78, 5) is 13.6. The highest BCUT2D eigenvalue weighted by Crippen LogP contribution is 2.37. The Hall–Kier alpha value is -3.88. The van der Waals surface area contributed by atoms with Crippen LogP contribution in [0.25, 0.3) is 22.0 Å². The van der Waals surface area contributed by atoms with Gasteiger partial charge in [0.1, 0.15) is 12.3 Å². The molecule has 0 unspecified atom stereocenters. The molecule has 0 bridgehead atoms. The number of nitrogens with two attached hydrogens (primary N) is 1. The van der Waals surface area contributed by atoms with Crippen LogP contribution in [0.4, 0.5) is 23.0 Å². The molecule has 0 radical (unpaired) electrons. The predicted octanol–water partition coefficient (Wildman–Crippen LogP) is 3.17. The second-order valence-electron chi connectivity index (χ2n) is 7.34. The van der Waals surface area contributed by atoms with E-state index < -0.39 is 0 Å². The number of benzene rings is 1. The number of fused-ring (bicyclic) bond motifs is 2. The Bertz CT molecular complexity index is 1280. The summed E-state index contributed by atoms with van der Waals surface area (Å²) in [6.45, 7) is 5.41. The van der Waals surface area contributed by atoms with Gasteiger partial charge in [-0.1, -0.05) is 0 Å². The smallest absolute Gasteiger partial charge is 0.237 e. The molecule has 4 heterocycles. The third-order valence-electron chi connectivity index (χ3n) is 5.47. The molecule has 0 amide bonds. The Kier molecular flexibility index (Phi) is 4.16. The maximum atomic E-state index is 6.34. The number of rotatable bonds is 3. The van der Waals surface area contributed by atoms with Gasteiger partial charge in [-0.05, 0) is 37.1 Å². The lowest BCUT2D eigenvalue weighted by atomic mass is 9.99. The number of anilines is 4. The number of nitrogens with one attached hydrogen (secondary N) is 2. The Morgan fingerprint density at radius 2 is 2.03 bits per heavy atom. The topological polar surface area (TPSA) is 116 Å². The molecule has 0 saturated carbocycles. The lowest BCUT2D eigenvalue weighted by Crippen LogP contribution is -2.20. The summed E-state index contributed by atoms with van der Waals surface area (Å²) in [5.41, 5.74) is 13.5. The van der Waals surface area contributed by atoms with E-state index in [0.29, 0.717) is 24.1 Å². The van der Waals surface area contributed by atoms with Crippen LogP contribution in [0.2, 0.25) is 0 Å². The molecule has 1 aliphatic heterocycles. The molecule has 0 aliphatic carbocycles. The van der Waals surface area contributed by atoms with Gasteiger partial charge in [-0.3, -0.25) is 4.68 Å². The molecule has 4 N–H and O–H groups in total. The lowest BCUT2D eigenvalue weighted by molar-refractivity contribution is 0.310. The zero-order valence-electron chi connectivity index (χ0n) is 17.0. The van der Waals surface area contributed by atoms with E-state index in [4.69, 9.17) is 10.5 Å². The fourth-order valence-electron chi connectivity index (χ4n) is 3.63. The summed E-state index contributed by atoms with van der Waals surface area (Å²) in [6.07, 6.45) is 5.31. The van der Waals surface area contributed by atoms with Crippen molar-refractivity contribution in [3.63, 3.8) is 0 Å². The molecular formula is C21H22N8O. The van der Waals surface area contributed by atoms with E-state index in [2.05, 4.69) is 37.6 Å². The number of aromatic nitrogens is 5. The van der Waals surface area contributed by atoms with E-state index in [1.54, 1.807) is 17.1 Å². The second-order valence-corrected chi connectivity index (χ2v) is 7.34. The highest BCUT2D eigenvalue weighted by atomic mass is 16.5. The molecule has 9 nitrogen and oxygen atoms in total. The summed E-state index contributed by atoms with van der Waals surface area (Å²) in [7, 11) is 1.89. The van der Waals surface area contributed by atoms with Gasteiger partial charge in [0.05, 0.1) is 23.1 Å². The van der Waals surface area contributed by atoms with E-state index in [9.17, 15) is 0 Å². The molecule has 0 saturated heterocycles. The molecule has 152 valence electrons. The average molecular weight is 402 g/mol. The van der Waals surface area contributed by atoms with Crippen LogP contribution >= 0.6 is 0 Å². The number of hydrogen-bond acceptors (Lipinski definition) is 8. The van der Waals surface area contributed by atoms with E-state index in [1.165, 1.54) is 0 Å². The van der Waals surface area contributed by atoms with Gasteiger partial charge in [0, 0.05) is 42.6 Å². The van der Waals surface area contributed by atoms with E-state index in [0.717, 1.165) is 51.2 Å². The third kappa shape index (κ3) is 2.95. The summed E-state index contributed by atoms with van der Waals surface area (Å²) in [6, 6.07) is 3.94. The van der Waals surface area contributed by atoms with Crippen molar-refractivity contribution in [2.75, 3.05) is 29.5 Å². The van der Waals surface area contributed by atoms with Crippen LogP contribution in [0.15, 0.2) is 30.7 Å². The molecule has 30 heavy (non-hydrogen) atoms. The zero-order chi connectivity index (χ0) is 20.8. The van der Waals surface area contributed by atoms with Crippen LogP contribution in [-0.2, 0) is 7.05 Å². The summed E-state index contributed by atoms with van der Waals surface area (Å²) < 4.78 is 7.43. The largest absolute Gasteiger partial charge is 0.474 e. The van der Waals surface area contributed by atoms with Crippen molar-refractivity contribution in [2.45, 2.75) is 13.8 Å². The molecule has 0 atom stereocenters. The molecule has 3 aromatic heterocycles. The third-order valence-corrected chi connectivity index (χ3v) is 5.47. The van der Waals surface area contributed by atoms with Gasteiger partial charge in [-0.25, -0.2) is 15.0 Å². The van der Waals surface area contributed by atoms with Crippen LogP contribution in [0.5, 0.6) is 5.88 Å². The van der Waals surface area contributed by atoms with Crippen LogP contribution < -0.4 is 21.1 Å². The van der Waals surface area contributed by atoms with Gasteiger partial charge in [0.2, 0.25) is 11.8 Å². The molecule has 1 aromatic carbocycles. The molecule has 4 aromatic rings. The number of aryl methyl sites for hydroxylation is 1. The average Bonchev–Trinajstić information content (AvgIpc) is 3.06. The highest BCUT2D eigenvalue weighted by Gasteiger charge is 2.18. The molecular weight excluding hydrogens is 380 g/mol. The standard InChI is InChI=1S/C21H22N8O/c1-11-14(8-24-20-19(11)23-4-5-30-20)13-6-16(22)15-9-25-21(27-17(15)7-13)28-18-10-26-29(3)12(18)2/h6-10,23H,4-5,22H2,1-3H3,(H,25,27,28). The number of nitrogen functional groups attached to an aromatic ring is 1. The van der Waals surface area contributed by atoms with Gasteiger partial charge >= 0.3 is 0 Å².